The molecule has 0 aliphatic carbocycles. The van der Waals surface area contributed by atoms with E-state index in [2.05, 4.69) is 20.4 Å². The number of hydrogen-bond acceptors (Lipinski definition) is 5. The van der Waals surface area contributed by atoms with Crippen LogP contribution >= 0.6 is 0 Å². The summed E-state index contributed by atoms with van der Waals surface area (Å²) in [5.74, 6) is 0.540. The van der Waals surface area contributed by atoms with E-state index in [-0.39, 0.29) is 11.9 Å². The lowest BCUT2D eigenvalue weighted by Crippen LogP contribution is -2.36. The molecule has 1 saturated heterocycles. The van der Waals surface area contributed by atoms with Gasteiger partial charge in [0.2, 0.25) is 0 Å². The number of halogens is 1. The third-order valence-corrected chi connectivity index (χ3v) is 3.77. The van der Waals surface area contributed by atoms with Crippen molar-refractivity contribution in [3.8, 4) is 0 Å². The minimum Gasteiger partial charge on any atom is -0.393 e. The van der Waals surface area contributed by atoms with Gasteiger partial charge in [-0.1, -0.05) is 12.1 Å². The number of aliphatic hydroxyl groups excluding tert-OH is 1. The standard InChI is InChI=1S/C14H18FN5O/c15-12-3-1-11(2-4-12)9-20-14(16-17-18-20)10-19-7-5-13(21)6-8-19/h1-4,13,21H,5-10H2. The van der Waals surface area contributed by atoms with Gasteiger partial charge in [0.15, 0.2) is 5.82 Å². The van der Waals surface area contributed by atoms with E-state index in [1.165, 1.54) is 12.1 Å². The topological polar surface area (TPSA) is 67.1 Å². The van der Waals surface area contributed by atoms with E-state index in [4.69, 9.17) is 0 Å². The van der Waals surface area contributed by atoms with Gasteiger partial charge in [0.1, 0.15) is 5.82 Å². The summed E-state index contributed by atoms with van der Waals surface area (Å²) in [6, 6.07) is 6.34. The molecule has 1 fully saturated rings. The first-order valence-electron chi connectivity index (χ1n) is 7.10. The summed E-state index contributed by atoms with van der Waals surface area (Å²) < 4.78 is 14.6. The van der Waals surface area contributed by atoms with Crippen LogP contribution in [0.5, 0.6) is 0 Å². The summed E-state index contributed by atoms with van der Waals surface area (Å²) in [6.07, 6.45) is 1.40. The van der Waals surface area contributed by atoms with Crippen LogP contribution in [0.2, 0.25) is 0 Å². The van der Waals surface area contributed by atoms with Gasteiger partial charge in [0.05, 0.1) is 19.2 Å². The van der Waals surface area contributed by atoms with Crippen LogP contribution in [0.4, 0.5) is 4.39 Å². The van der Waals surface area contributed by atoms with Gasteiger partial charge in [-0.25, -0.2) is 9.07 Å². The molecule has 0 amide bonds. The zero-order valence-corrected chi connectivity index (χ0v) is 11.7. The van der Waals surface area contributed by atoms with E-state index in [1.807, 2.05) is 0 Å². The Bertz CT molecular complexity index is 577. The summed E-state index contributed by atoms with van der Waals surface area (Å²) in [5.41, 5.74) is 0.957. The summed E-state index contributed by atoms with van der Waals surface area (Å²) in [7, 11) is 0. The molecule has 112 valence electrons. The average Bonchev–Trinajstić information content (AvgIpc) is 2.91. The SMILES string of the molecule is OC1CCN(Cc2nnnn2Cc2ccc(F)cc2)CC1. The maximum Gasteiger partial charge on any atom is 0.165 e. The molecule has 1 aromatic heterocycles. The quantitative estimate of drug-likeness (QED) is 0.903. The largest absolute Gasteiger partial charge is 0.393 e. The summed E-state index contributed by atoms with van der Waals surface area (Å²) in [5, 5.41) is 21.3. The van der Waals surface area contributed by atoms with Crippen LogP contribution in [0.3, 0.4) is 0 Å². The molecule has 0 spiro atoms. The lowest BCUT2D eigenvalue weighted by atomic mass is 10.1. The van der Waals surface area contributed by atoms with Gasteiger partial charge in [-0.2, -0.15) is 0 Å². The zero-order valence-electron chi connectivity index (χ0n) is 11.7. The first-order valence-corrected chi connectivity index (χ1v) is 7.10. The molecule has 6 nitrogen and oxygen atoms in total. The third kappa shape index (κ3) is 3.62. The zero-order chi connectivity index (χ0) is 14.7. The number of rotatable bonds is 4. The second-order valence-corrected chi connectivity index (χ2v) is 5.39. The summed E-state index contributed by atoms with van der Waals surface area (Å²) in [6.45, 7) is 2.90. The van der Waals surface area contributed by atoms with E-state index in [0.717, 1.165) is 37.3 Å². The number of benzene rings is 1. The summed E-state index contributed by atoms with van der Waals surface area (Å²) in [4.78, 5) is 2.24. The normalized spacial score (nSPS) is 17.2. The Hall–Kier alpha value is -1.86. The van der Waals surface area contributed by atoms with Crippen molar-refractivity contribution in [3.63, 3.8) is 0 Å². The molecule has 0 saturated carbocycles. The van der Waals surface area contributed by atoms with Crippen LogP contribution in [0.25, 0.3) is 0 Å². The summed E-state index contributed by atoms with van der Waals surface area (Å²) >= 11 is 0. The Kier molecular flexibility index (Phi) is 4.21. The number of aliphatic hydroxyl groups is 1. The van der Waals surface area contributed by atoms with Gasteiger partial charge in [-0.05, 0) is 41.0 Å². The number of aromatic nitrogens is 4. The van der Waals surface area contributed by atoms with Crippen LogP contribution in [0, 0.1) is 5.82 Å². The second kappa shape index (κ2) is 6.28. The molecule has 0 radical (unpaired) electrons. The van der Waals surface area contributed by atoms with Crippen molar-refractivity contribution in [2.45, 2.75) is 32.0 Å². The maximum absolute atomic E-state index is 12.9. The first-order chi connectivity index (χ1) is 10.2. The Morgan fingerprint density at radius 1 is 1.14 bits per heavy atom. The minimum absolute atomic E-state index is 0.184. The van der Waals surface area contributed by atoms with Crippen LogP contribution < -0.4 is 0 Å². The van der Waals surface area contributed by atoms with Crippen LogP contribution in [0.1, 0.15) is 24.2 Å². The van der Waals surface area contributed by atoms with Crippen molar-refractivity contribution in [2.75, 3.05) is 13.1 Å². The van der Waals surface area contributed by atoms with Crippen molar-refractivity contribution in [2.24, 2.45) is 0 Å². The highest BCUT2D eigenvalue weighted by Crippen LogP contribution is 2.13. The second-order valence-electron chi connectivity index (χ2n) is 5.39. The molecular weight excluding hydrogens is 273 g/mol. The molecular formula is C14H18FN5O. The molecule has 1 N–H and O–H groups in total. The van der Waals surface area contributed by atoms with Crippen molar-refractivity contribution in [1.82, 2.24) is 25.1 Å². The number of hydrogen-bond donors (Lipinski definition) is 1. The van der Waals surface area contributed by atoms with Gasteiger partial charge in [0.25, 0.3) is 0 Å². The fourth-order valence-electron chi connectivity index (χ4n) is 2.50. The monoisotopic (exact) mass is 291 g/mol. The molecule has 1 aromatic carbocycles. The minimum atomic E-state index is -0.248. The smallest absolute Gasteiger partial charge is 0.165 e. The van der Waals surface area contributed by atoms with E-state index in [9.17, 15) is 9.50 Å². The molecule has 3 rings (SSSR count). The van der Waals surface area contributed by atoms with E-state index in [1.54, 1.807) is 16.8 Å². The number of tetrazole rings is 1. The average molecular weight is 291 g/mol. The van der Waals surface area contributed by atoms with Crippen LogP contribution in [0.15, 0.2) is 24.3 Å². The third-order valence-electron chi connectivity index (χ3n) is 3.77. The van der Waals surface area contributed by atoms with Gasteiger partial charge in [-0.15, -0.1) is 5.10 Å². The molecule has 1 aliphatic rings. The molecule has 0 bridgehead atoms. The molecule has 1 aliphatic heterocycles. The Morgan fingerprint density at radius 2 is 1.86 bits per heavy atom. The fourth-order valence-corrected chi connectivity index (χ4v) is 2.50. The van der Waals surface area contributed by atoms with Crippen LogP contribution in [-0.2, 0) is 13.1 Å². The Labute approximate surface area is 122 Å². The molecule has 2 heterocycles. The highest BCUT2D eigenvalue weighted by Gasteiger charge is 2.19. The predicted molar refractivity (Wildman–Crippen MR) is 73.8 cm³/mol. The van der Waals surface area contributed by atoms with Crippen molar-refractivity contribution in [3.05, 3.63) is 41.5 Å². The number of nitrogens with zero attached hydrogens (tertiary/aromatic N) is 5. The van der Waals surface area contributed by atoms with Crippen molar-refractivity contribution in [1.29, 1.82) is 0 Å². The number of piperidine rings is 1. The van der Waals surface area contributed by atoms with Gasteiger partial charge >= 0.3 is 0 Å². The lowest BCUT2D eigenvalue weighted by molar-refractivity contribution is 0.0774. The van der Waals surface area contributed by atoms with Crippen LogP contribution in [-0.4, -0.2) is 49.4 Å². The molecule has 21 heavy (non-hydrogen) atoms. The van der Waals surface area contributed by atoms with Crippen molar-refractivity contribution >= 4 is 0 Å². The molecule has 0 unspecified atom stereocenters. The lowest BCUT2D eigenvalue weighted by Gasteiger charge is -2.28. The van der Waals surface area contributed by atoms with E-state index in [0.29, 0.717) is 13.1 Å². The number of likely N-dealkylation sites (tertiary alicyclic amines) is 1. The Morgan fingerprint density at radius 3 is 2.57 bits per heavy atom. The fraction of sp³-hybridized carbons (Fsp3) is 0.500. The highest BCUT2D eigenvalue weighted by atomic mass is 19.1. The molecule has 7 heteroatoms. The Balaban J connectivity index is 1.65. The molecule has 2 aromatic rings. The predicted octanol–water partition coefficient (Wildman–Crippen LogP) is 0.817. The first kappa shape index (κ1) is 14.1. The van der Waals surface area contributed by atoms with E-state index < -0.39 is 0 Å². The van der Waals surface area contributed by atoms with Gasteiger partial charge in [-0.3, -0.25) is 4.90 Å². The van der Waals surface area contributed by atoms with Crippen molar-refractivity contribution < 1.29 is 9.50 Å². The van der Waals surface area contributed by atoms with Gasteiger partial charge < -0.3 is 5.11 Å². The van der Waals surface area contributed by atoms with E-state index >= 15 is 0 Å². The maximum atomic E-state index is 12.9. The highest BCUT2D eigenvalue weighted by molar-refractivity contribution is 5.16. The van der Waals surface area contributed by atoms with Gasteiger partial charge in [0, 0.05) is 13.1 Å². The molecule has 0 atom stereocenters.